The third-order valence-corrected chi connectivity index (χ3v) is 4.41. The topological polar surface area (TPSA) is 111 Å². The third kappa shape index (κ3) is 4.98. The molecular weight excluding hydrogens is 463 g/mol. The predicted octanol–water partition coefficient (Wildman–Crippen LogP) is 3.97. The first-order valence-electron chi connectivity index (χ1n) is 8.17. The molecule has 2 aromatic rings. The van der Waals surface area contributed by atoms with E-state index in [4.69, 9.17) is 28.6 Å². The maximum absolute atomic E-state index is 12.8. The first-order valence-corrected chi connectivity index (χ1v) is 8.95. The normalized spacial score (nSPS) is 14.1. The van der Waals surface area contributed by atoms with Gasteiger partial charge in [-0.3, -0.25) is 30.3 Å². The standard InChI is InChI=1S/C18H9ClF3N3O5S/c19-11-6-8(5-10-15(26)23-17(31)24-16(10)27)1-3-13(11)30-14-4-2-9(18(20,21)22)7-12(14)25(28)29/h1-7H,(H2,23,24,26,27,31). The van der Waals surface area contributed by atoms with E-state index in [0.717, 1.165) is 6.07 Å². The summed E-state index contributed by atoms with van der Waals surface area (Å²) < 4.78 is 43.8. The second-order valence-electron chi connectivity index (χ2n) is 6.02. The molecule has 1 heterocycles. The summed E-state index contributed by atoms with van der Waals surface area (Å²) in [5, 5.41) is 15.5. The number of carbonyl (C=O) groups excluding carboxylic acids is 2. The number of nitro groups is 1. The van der Waals surface area contributed by atoms with Crippen molar-refractivity contribution >= 4 is 52.5 Å². The molecule has 1 fully saturated rings. The average molecular weight is 472 g/mol. The molecule has 1 saturated heterocycles. The molecule has 2 aromatic carbocycles. The zero-order valence-corrected chi connectivity index (χ0v) is 16.5. The molecular formula is C18H9ClF3N3O5S. The van der Waals surface area contributed by atoms with Crippen LogP contribution in [0.5, 0.6) is 11.5 Å². The molecule has 2 N–H and O–H groups in total. The molecule has 0 aromatic heterocycles. The molecule has 0 aliphatic carbocycles. The van der Waals surface area contributed by atoms with Crippen LogP contribution in [0.2, 0.25) is 5.02 Å². The molecule has 3 rings (SSSR count). The number of hydrogen-bond acceptors (Lipinski definition) is 6. The molecule has 8 nitrogen and oxygen atoms in total. The van der Waals surface area contributed by atoms with Crippen molar-refractivity contribution in [1.29, 1.82) is 0 Å². The maximum Gasteiger partial charge on any atom is 0.416 e. The highest BCUT2D eigenvalue weighted by atomic mass is 35.5. The number of nitro benzene ring substituents is 1. The average Bonchev–Trinajstić information content (AvgIpc) is 2.66. The van der Waals surface area contributed by atoms with Gasteiger partial charge in [0.2, 0.25) is 5.75 Å². The number of halogens is 4. The van der Waals surface area contributed by atoms with Crippen LogP contribution < -0.4 is 15.4 Å². The van der Waals surface area contributed by atoms with Gasteiger partial charge in [0.15, 0.2) is 5.11 Å². The minimum Gasteiger partial charge on any atom is -0.449 e. The van der Waals surface area contributed by atoms with Crippen LogP contribution in [0.25, 0.3) is 6.08 Å². The number of thiocarbonyl (C=S) groups is 1. The Hall–Kier alpha value is -3.51. The lowest BCUT2D eigenvalue weighted by molar-refractivity contribution is -0.385. The van der Waals surface area contributed by atoms with Gasteiger partial charge >= 0.3 is 11.9 Å². The molecule has 0 spiro atoms. The first-order chi connectivity index (χ1) is 14.5. The molecule has 31 heavy (non-hydrogen) atoms. The Labute approximate surface area is 181 Å². The summed E-state index contributed by atoms with van der Waals surface area (Å²) in [5.74, 6) is -1.98. The SMILES string of the molecule is O=C1NC(=S)NC(=O)C1=Cc1ccc(Oc2ccc(C(F)(F)F)cc2[N+](=O)[O-])c(Cl)c1. The number of carbonyl (C=O) groups is 2. The summed E-state index contributed by atoms with van der Waals surface area (Å²) >= 11 is 10.8. The second-order valence-corrected chi connectivity index (χ2v) is 6.84. The Morgan fingerprint density at radius 2 is 1.68 bits per heavy atom. The minimum atomic E-state index is -4.77. The van der Waals surface area contributed by atoms with E-state index >= 15 is 0 Å². The highest BCUT2D eigenvalue weighted by molar-refractivity contribution is 7.80. The summed E-state index contributed by atoms with van der Waals surface area (Å²) in [4.78, 5) is 33.9. The number of nitrogens with one attached hydrogen (secondary N) is 2. The van der Waals surface area contributed by atoms with Gasteiger partial charge in [0, 0.05) is 6.07 Å². The van der Waals surface area contributed by atoms with Gasteiger partial charge in [-0.15, -0.1) is 0 Å². The van der Waals surface area contributed by atoms with Crippen molar-refractivity contribution in [1.82, 2.24) is 10.6 Å². The van der Waals surface area contributed by atoms with E-state index in [9.17, 15) is 32.9 Å². The number of hydrogen-bond donors (Lipinski definition) is 2. The molecule has 0 bridgehead atoms. The fourth-order valence-electron chi connectivity index (χ4n) is 2.50. The Morgan fingerprint density at radius 1 is 1.06 bits per heavy atom. The smallest absolute Gasteiger partial charge is 0.416 e. The monoisotopic (exact) mass is 471 g/mol. The largest absolute Gasteiger partial charge is 0.449 e. The van der Waals surface area contributed by atoms with Crippen LogP contribution in [0.15, 0.2) is 42.0 Å². The Balaban J connectivity index is 1.90. The number of nitrogens with zero attached hydrogens (tertiary/aromatic N) is 1. The van der Waals surface area contributed by atoms with E-state index in [2.05, 4.69) is 10.6 Å². The van der Waals surface area contributed by atoms with E-state index in [-0.39, 0.29) is 21.5 Å². The lowest BCUT2D eigenvalue weighted by atomic mass is 10.1. The Kier molecular flexibility index (Phi) is 5.95. The number of ether oxygens (including phenoxy) is 1. The maximum atomic E-state index is 12.8. The van der Waals surface area contributed by atoms with E-state index in [1.807, 2.05) is 0 Å². The molecule has 1 aliphatic rings. The minimum absolute atomic E-state index is 0.0734. The van der Waals surface area contributed by atoms with E-state index in [1.54, 1.807) is 0 Å². The first kappa shape index (κ1) is 22.2. The lowest BCUT2D eigenvalue weighted by Gasteiger charge is -2.16. The van der Waals surface area contributed by atoms with Crippen molar-refractivity contribution in [2.75, 3.05) is 0 Å². The molecule has 0 atom stereocenters. The molecule has 0 radical (unpaired) electrons. The molecule has 0 unspecified atom stereocenters. The van der Waals surface area contributed by atoms with Gasteiger partial charge < -0.3 is 4.74 Å². The van der Waals surface area contributed by atoms with Crippen molar-refractivity contribution in [3.05, 3.63) is 68.2 Å². The van der Waals surface area contributed by atoms with Crippen LogP contribution in [0.4, 0.5) is 18.9 Å². The summed E-state index contributed by atoms with van der Waals surface area (Å²) in [6.45, 7) is 0. The Morgan fingerprint density at radius 3 is 2.23 bits per heavy atom. The summed E-state index contributed by atoms with van der Waals surface area (Å²) in [5.41, 5.74) is -2.03. The van der Waals surface area contributed by atoms with Gasteiger partial charge in [-0.2, -0.15) is 13.2 Å². The van der Waals surface area contributed by atoms with Crippen molar-refractivity contribution in [3.8, 4) is 11.5 Å². The van der Waals surface area contributed by atoms with Gasteiger partial charge in [0.1, 0.15) is 11.3 Å². The van der Waals surface area contributed by atoms with E-state index in [1.165, 1.54) is 24.3 Å². The third-order valence-electron chi connectivity index (χ3n) is 3.91. The van der Waals surface area contributed by atoms with Gasteiger partial charge in [-0.1, -0.05) is 17.7 Å². The van der Waals surface area contributed by atoms with E-state index in [0.29, 0.717) is 17.7 Å². The van der Waals surface area contributed by atoms with Crippen LogP contribution in [0.3, 0.4) is 0 Å². The highest BCUT2D eigenvalue weighted by Gasteiger charge is 2.33. The molecule has 1 aliphatic heterocycles. The molecule has 2 amide bonds. The van der Waals surface area contributed by atoms with Crippen LogP contribution >= 0.6 is 23.8 Å². The number of alkyl halides is 3. The van der Waals surface area contributed by atoms with Crippen molar-refractivity contribution < 1.29 is 32.4 Å². The lowest BCUT2D eigenvalue weighted by Crippen LogP contribution is -2.51. The van der Waals surface area contributed by atoms with Gasteiger partial charge in [0.25, 0.3) is 11.8 Å². The number of rotatable bonds is 4. The highest BCUT2D eigenvalue weighted by Crippen LogP contribution is 2.39. The summed E-state index contributed by atoms with van der Waals surface area (Å²) in [7, 11) is 0. The quantitative estimate of drug-likeness (QED) is 0.229. The fraction of sp³-hybridized carbons (Fsp3) is 0.0556. The van der Waals surface area contributed by atoms with Crippen molar-refractivity contribution in [2.24, 2.45) is 0 Å². The van der Waals surface area contributed by atoms with Crippen LogP contribution in [0.1, 0.15) is 11.1 Å². The van der Waals surface area contributed by atoms with Crippen molar-refractivity contribution in [3.63, 3.8) is 0 Å². The molecule has 160 valence electrons. The van der Waals surface area contributed by atoms with E-state index < -0.39 is 39.9 Å². The number of benzene rings is 2. The van der Waals surface area contributed by atoms with Crippen LogP contribution in [0, 0.1) is 10.1 Å². The van der Waals surface area contributed by atoms with Crippen LogP contribution in [-0.4, -0.2) is 21.9 Å². The van der Waals surface area contributed by atoms with Gasteiger partial charge in [0.05, 0.1) is 15.5 Å². The second kappa shape index (κ2) is 8.32. The predicted molar refractivity (Wildman–Crippen MR) is 106 cm³/mol. The zero-order chi connectivity index (χ0) is 22.9. The molecule has 13 heteroatoms. The zero-order valence-electron chi connectivity index (χ0n) is 15.0. The van der Waals surface area contributed by atoms with Gasteiger partial charge in [-0.05, 0) is 48.1 Å². The Bertz CT molecular complexity index is 1140. The van der Waals surface area contributed by atoms with Gasteiger partial charge in [-0.25, -0.2) is 0 Å². The summed E-state index contributed by atoms with van der Waals surface area (Å²) in [6.07, 6.45) is -3.54. The fourth-order valence-corrected chi connectivity index (χ4v) is 2.92. The van der Waals surface area contributed by atoms with Crippen LogP contribution in [-0.2, 0) is 15.8 Å². The van der Waals surface area contributed by atoms with Crippen molar-refractivity contribution in [2.45, 2.75) is 6.18 Å². The molecule has 0 saturated carbocycles. The number of amides is 2. The summed E-state index contributed by atoms with van der Waals surface area (Å²) in [6, 6.07) is 5.77.